The molecule has 8 heteroatoms. The smallest absolute Gasteiger partial charge is 0.294 e. The Balaban J connectivity index is 2.46. The minimum absolute atomic E-state index is 0.0139. The molecule has 0 radical (unpaired) electrons. The van der Waals surface area contributed by atoms with E-state index in [0.717, 1.165) is 0 Å². The topological polar surface area (TPSA) is 80.2 Å². The Morgan fingerprint density at radius 2 is 1.77 bits per heavy atom. The van der Waals surface area contributed by atoms with E-state index in [4.69, 9.17) is 0 Å². The Bertz CT molecular complexity index is 1030. The number of halogens is 2. The number of aromatic nitrogens is 1. The Morgan fingerprint density at radius 3 is 2.32 bits per heavy atom. The second-order valence-corrected chi connectivity index (χ2v) is 8.21. The number of alkyl halides is 1. The highest BCUT2D eigenvalue weighted by Gasteiger charge is 2.31. The molecule has 168 valence electrons. The van der Waals surface area contributed by atoms with Crippen molar-refractivity contribution >= 4 is 23.3 Å². The lowest BCUT2D eigenvalue weighted by molar-refractivity contribution is -0.118. The van der Waals surface area contributed by atoms with Gasteiger partial charge in [0.05, 0.1) is 17.8 Å². The van der Waals surface area contributed by atoms with E-state index < -0.39 is 35.6 Å². The van der Waals surface area contributed by atoms with Crippen LogP contribution in [0.25, 0.3) is 0 Å². The second-order valence-electron chi connectivity index (χ2n) is 8.21. The summed E-state index contributed by atoms with van der Waals surface area (Å²) in [5.74, 6) is -2.56. The fourth-order valence-electron chi connectivity index (χ4n) is 3.36. The quantitative estimate of drug-likeness (QED) is 0.482. The number of nitrogens with one attached hydrogen (secondary N) is 2. The number of hydrogen-bond acceptors (Lipinski definition) is 3. The highest BCUT2D eigenvalue weighted by Crippen LogP contribution is 2.25. The van der Waals surface area contributed by atoms with E-state index in [9.17, 15) is 23.2 Å². The van der Waals surface area contributed by atoms with Crippen molar-refractivity contribution in [1.29, 1.82) is 0 Å². The van der Waals surface area contributed by atoms with Crippen molar-refractivity contribution in [1.82, 2.24) is 9.88 Å². The van der Waals surface area contributed by atoms with Gasteiger partial charge < -0.3 is 15.2 Å². The van der Waals surface area contributed by atoms with Crippen LogP contribution in [0.15, 0.2) is 18.2 Å². The zero-order valence-corrected chi connectivity index (χ0v) is 18.8. The Labute approximate surface area is 181 Å². The van der Waals surface area contributed by atoms with Crippen LogP contribution in [0.4, 0.5) is 14.5 Å². The van der Waals surface area contributed by atoms with Crippen molar-refractivity contribution in [2.75, 3.05) is 12.0 Å². The van der Waals surface area contributed by atoms with Crippen LogP contribution in [0, 0.1) is 26.6 Å². The number of rotatable bonds is 8. The van der Waals surface area contributed by atoms with E-state index in [0.29, 0.717) is 23.4 Å². The molecule has 0 aliphatic heterocycles. The van der Waals surface area contributed by atoms with E-state index in [-0.39, 0.29) is 23.4 Å². The van der Waals surface area contributed by atoms with Crippen LogP contribution in [0.2, 0.25) is 0 Å². The minimum Gasteiger partial charge on any atom is -0.344 e. The molecule has 0 unspecified atom stereocenters. The maximum absolute atomic E-state index is 13.5. The highest BCUT2D eigenvalue weighted by atomic mass is 19.1. The first-order valence-corrected chi connectivity index (χ1v) is 10.1. The van der Waals surface area contributed by atoms with Gasteiger partial charge in [0.1, 0.15) is 12.5 Å². The third kappa shape index (κ3) is 5.18. The van der Waals surface area contributed by atoms with Gasteiger partial charge in [-0.1, -0.05) is 6.92 Å². The fraction of sp³-hybridized carbons (Fsp3) is 0.435. The first kappa shape index (κ1) is 24.2. The lowest BCUT2D eigenvalue weighted by atomic mass is 10.0. The first-order chi connectivity index (χ1) is 14.4. The summed E-state index contributed by atoms with van der Waals surface area (Å²) in [6.07, 6.45) is 0.611. The van der Waals surface area contributed by atoms with Crippen LogP contribution < -0.4 is 10.6 Å². The number of hydrogen-bond donors (Lipinski definition) is 2. The molecule has 2 N–H and O–H groups in total. The third-order valence-corrected chi connectivity index (χ3v) is 5.47. The largest absolute Gasteiger partial charge is 0.344 e. The number of ketones is 1. The molecule has 1 heterocycles. The maximum Gasteiger partial charge on any atom is 0.294 e. The van der Waals surface area contributed by atoms with E-state index in [2.05, 4.69) is 10.6 Å². The summed E-state index contributed by atoms with van der Waals surface area (Å²) in [7, 11) is 0. The van der Waals surface area contributed by atoms with Crippen molar-refractivity contribution in [2.45, 2.75) is 60.0 Å². The molecule has 1 aromatic heterocycles. The SMILES string of the molecule is CCC(C)(C)NC(=O)C(=O)c1c(C)c(C(=O)Nc2ccc(F)c(C)c2)c(C)n1CCF. The number of Topliss-reactive ketones (excluding diaryl/α,β-unsaturated/α-hetero) is 1. The Kier molecular flexibility index (Phi) is 7.36. The minimum atomic E-state index is -0.827. The molecule has 2 aromatic rings. The van der Waals surface area contributed by atoms with Gasteiger partial charge in [-0.15, -0.1) is 0 Å². The van der Waals surface area contributed by atoms with E-state index in [1.165, 1.54) is 22.8 Å². The molecule has 0 saturated heterocycles. The monoisotopic (exact) mass is 433 g/mol. The molecule has 0 bridgehead atoms. The van der Waals surface area contributed by atoms with Gasteiger partial charge in [-0.05, 0) is 70.4 Å². The highest BCUT2D eigenvalue weighted by molar-refractivity contribution is 6.43. The lowest BCUT2D eigenvalue weighted by Gasteiger charge is -2.24. The average Bonchev–Trinajstić information content (AvgIpc) is 2.94. The van der Waals surface area contributed by atoms with Crippen molar-refractivity contribution in [3.05, 3.63) is 52.1 Å². The normalized spacial score (nSPS) is 11.4. The fourth-order valence-corrected chi connectivity index (χ4v) is 3.36. The molecule has 0 aliphatic rings. The molecule has 31 heavy (non-hydrogen) atoms. The van der Waals surface area contributed by atoms with E-state index in [1.807, 2.05) is 6.92 Å². The summed E-state index contributed by atoms with van der Waals surface area (Å²) in [4.78, 5) is 38.5. The van der Waals surface area contributed by atoms with Gasteiger partial charge in [-0.2, -0.15) is 0 Å². The van der Waals surface area contributed by atoms with Gasteiger partial charge in [0, 0.05) is 16.9 Å². The summed E-state index contributed by atoms with van der Waals surface area (Å²) in [5.41, 5.74) is 0.993. The summed E-state index contributed by atoms with van der Waals surface area (Å²) in [5, 5.41) is 5.36. The number of aryl methyl sites for hydroxylation is 1. The molecule has 0 saturated carbocycles. The zero-order valence-electron chi connectivity index (χ0n) is 18.8. The second kappa shape index (κ2) is 9.41. The molecule has 6 nitrogen and oxygen atoms in total. The number of carbonyl (C=O) groups excluding carboxylic acids is 3. The summed E-state index contributed by atoms with van der Waals surface area (Å²) >= 11 is 0. The molecule has 1 aromatic carbocycles. The van der Waals surface area contributed by atoms with E-state index in [1.54, 1.807) is 34.6 Å². The predicted octanol–water partition coefficient (Wildman–Crippen LogP) is 4.26. The van der Waals surface area contributed by atoms with Crippen LogP contribution in [-0.2, 0) is 11.3 Å². The van der Waals surface area contributed by atoms with Crippen LogP contribution in [0.3, 0.4) is 0 Å². The summed E-state index contributed by atoms with van der Waals surface area (Å²) in [6, 6.07) is 4.16. The average molecular weight is 433 g/mol. The van der Waals surface area contributed by atoms with Gasteiger partial charge in [-0.3, -0.25) is 14.4 Å². The third-order valence-electron chi connectivity index (χ3n) is 5.47. The molecular formula is C23H29F2N3O3. The summed E-state index contributed by atoms with van der Waals surface area (Å²) < 4.78 is 28.1. The molecule has 0 atom stereocenters. The number of anilines is 1. The molecule has 0 aliphatic carbocycles. The lowest BCUT2D eigenvalue weighted by Crippen LogP contribution is -2.46. The maximum atomic E-state index is 13.5. The molecular weight excluding hydrogens is 404 g/mol. The van der Waals surface area contributed by atoms with Gasteiger partial charge in [-0.25, -0.2) is 8.78 Å². The van der Waals surface area contributed by atoms with E-state index >= 15 is 0 Å². The van der Waals surface area contributed by atoms with Gasteiger partial charge >= 0.3 is 0 Å². The van der Waals surface area contributed by atoms with Crippen molar-refractivity contribution in [3.8, 4) is 0 Å². The van der Waals surface area contributed by atoms with Gasteiger partial charge in [0.25, 0.3) is 17.6 Å². The standard InChI is InChI=1S/C23H29F2N3O3/c1-7-23(5,6)27-22(31)20(29)19-14(3)18(15(4)28(19)11-10-24)21(30)26-16-8-9-17(25)13(2)12-16/h8-9,12H,7,10-11H2,1-6H3,(H,26,30)(H,27,31). The van der Waals surface area contributed by atoms with Crippen LogP contribution >= 0.6 is 0 Å². The van der Waals surface area contributed by atoms with Gasteiger partial charge in [0.2, 0.25) is 0 Å². The number of carbonyl (C=O) groups is 3. The van der Waals surface area contributed by atoms with Crippen molar-refractivity contribution < 1.29 is 23.2 Å². The number of nitrogens with zero attached hydrogens (tertiary/aromatic N) is 1. The number of benzene rings is 1. The molecule has 2 amide bonds. The molecule has 2 rings (SSSR count). The Hall–Kier alpha value is -3.03. The van der Waals surface area contributed by atoms with Crippen molar-refractivity contribution in [3.63, 3.8) is 0 Å². The first-order valence-electron chi connectivity index (χ1n) is 10.1. The molecule has 0 spiro atoms. The Morgan fingerprint density at radius 1 is 1.13 bits per heavy atom. The van der Waals surface area contributed by atoms with Crippen LogP contribution in [0.1, 0.15) is 64.9 Å². The van der Waals surface area contributed by atoms with Gasteiger partial charge in [0.15, 0.2) is 0 Å². The summed E-state index contributed by atoms with van der Waals surface area (Å²) in [6.45, 7) is 9.26. The number of amides is 2. The van der Waals surface area contributed by atoms with Crippen molar-refractivity contribution in [2.24, 2.45) is 0 Å². The molecule has 0 fully saturated rings. The zero-order chi connectivity index (χ0) is 23.5. The van der Waals surface area contributed by atoms with Crippen LogP contribution in [-0.4, -0.2) is 34.4 Å². The van der Waals surface area contributed by atoms with Crippen LogP contribution in [0.5, 0.6) is 0 Å². The predicted molar refractivity (Wildman–Crippen MR) is 116 cm³/mol.